The maximum Gasteiger partial charge on any atom is 0.224 e. The molecule has 0 fully saturated rings. The highest BCUT2D eigenvalue weighted by Gasteiger charge is 2.11. The van der Waals surface area contributed by atoms with E-state index >= 15 is 0 Å². The number of aromatic nitrogens is 1. The van der Waals surface area contributed by atoms with Gasteiger partial charge in [0.15, 0.2) is 5.82 Å². The molecule has 5 nitrogen and oxygen atoms in total. The molecule has 0 spiro atoms. The zero-order valence-electron chi connectivity index (χ0n) is 12.7. The zero-order chi connectivity index (χ0) is 15.0. The van der Waals surface area contributed by atoms with Gasteiger partial charge in [0, 0.05) is 26.7 Å². The molecule has 0 aliphatic carbocycles. The van der Waals surface area contributed by atoms with Crippen LogP contribution >= 0.6 is 0 Å². The largest absolute Gasteiger partial charge is 0.361 e. The van der Waals surface area contributed by atoms with Crippen molar-refractivity contribution in [1.82, 2.24) is 4.98 Å². The summed E-state index contributed by atoms with van der Waals surface area (Å²) in [7, 11) is 3.82. The molecule has 5 heteroatoms. The molecule has 3 N–H and O–H groups in total. The molecule has 1 amide bonds. The Labute approximate surface area is 121 Å². The summed E-state index contributed by atoms with van der Waals surface area (Å²) in [5, 5.41) is 2.94. The number of nitrogens with one attached hydrogen (secondary N) is 1. The van der Waals surface area contributed by atoms with Gasteiger partial charge in [-0.05, 0) is 37.4 Å². The molecule has 0 aromatic carbocycles. The maximum atomic E-state index is 12.0. The molecule has 0 aliphatic rings. The lowest BCUT2D eigenvalue weighted by Gasteiger charge is -2.17. The Morgan fingerprint density at radius 1 is 1.45 bits per heavy atom. The van der Waals surface area contributed by atoms with Crippen LogP contribution in [-0.2, 0) is 4.79 Å². The average Bonchev–Trinajstić information content (AvgIpc) is 2.43. The third-order valence-electron chi connectivity index (χ3n) is 3.42. The van der Waals surface area contributed by atoms with Crippen molar-refractivity contribution >= 4 is 17.4 Å². The average molecular weight is 278 g/mol. The summed E-state index contributed by atoms with van der Waals surface area (Å²) in [4.78, 5) is 18.2. The van der Waals surface area contributed by atoms with E-state index in [9.17, 15) is 4.79 Å². The number of nitrogens with two attached hydrogens (primary N) is 1. The van der Waals surface area contributed by atoms with Crippen LogP contribution in [0.3, 0.4) is 0 Å². The summed E-state index contributed by atoms with van der Waals surface area (Å²) >= 11 is 0. The molecule has 112 valence electrons. The smallest absolute Gasteiger partial charge is 0.224 e. The van der Waals surface area contributed by atoms with E-state index in [2.05, 4.69) is 17.2 Å². The Morgan fingerprint density at radius 2 is 2.20 bits per heavy atom. The predicted molar refractivity (Wildman–Crippen MR) is 83.9 cm³/mol. The van der Waals surface area contributed by atoms with E-state index < -0.39 is 0 Å². The molecule has 20 heavy (non-hydrogen) atoms. The van der Waals surface area contributed by atoms with Crippen LogP contribution in [0.4, 0.5) is 11.5 Å². The van der Waals surface area contributed by atoms with Crippen LogP contribution in [0.15, 0.2) is 18.3 Å². The van der Waals surface area contributed by atoms with Crippen molar-refractivity contribution in [2.24, 2.45) is 11.7 Å². The lowest BCUT2D eigenvalue weighted by molar-refractivity contribution is -0.116. The fraction of sp³-hybridized carbons (Fsp3) is 0.600. The van der Waals surface area contributed by atoms with Crippen LogP contribution in [0, 0.1) is 5.92 Å². The number of rotatable bonds is 8. The van der Waals surface area contributed by atoms with Crippen molar-refractivity contribution < 1.29 is 4.79 Å². The molecule has 1 atom stereocenters. The van der Waals surface area contributed by atoms with E-state index in [1.165, 1.54) is 0 Å². The minimum atomic E-state index is 0.0385. The Hall–Kier alpha value is -1.62. The minimum Gasteiger partial charge on any atom is -0.361 e. The van der Waals surface area contributed by atoms with Gasteiger partial charge in [0.05, 0.1) is 5.69 Å². The van der Waals surface area contributed by atoms with Gasteiger partial charge in [-0.2, -0.15) is 0 Å². The van der Waals surface area contributed by atoms with Crippen LogP contribution in [0.2, 0.25) is 0 Å². The summed E-state index contributed by atoms with van der Waals surface area (Å²) in [6.45, 7) is 2.83. The second-order valence-corrected chi connectivity index (χ2v) is 5.21. The van der Waals surface area contributed by atoms with Gasteiger partial charge < -0.3 is 16.0 Å². The molecule has 1 aromatic heterocycles. The molecule has 1 aromatic rings. The van der Waals surface area contributed by atoms with Crippen molar-refractivity contribution in [2.45, 2.75) is 32.6 Å². The molecule has 1 unspecified atom stereocenters. The molecule has 0 saturated carbocycles. The van der Waals surface area contributed by atoms with Gasteiger partial charge in [-0.25, -0.2) is 4.98 Å². The number of amides is 1. The highest BCUT2D eigenvalue weighted by atomic mass is 16.1. The van der Waals surface area contributed by atoms with Crippen molar-refractivity contribution in [3.8, 4) is 0 Å². The van der Waals surface area contributed by atoms with E-state index in [1.54, 1.807) is 6.20 Å². The molecule has 0 radical (unpaired) electrons. The van der Waals surface area contributed by atoms with Gasteiger partial charge in [0.2, 0.25) is 5.91 Å². The molecular weight excluding hydrogens is 252 g/mol. The van der Waals surface area contributed by atoms with Crippen LogP contribution in [0.25, 0.3) is 0 Å². The number of hydrogen-bond donors (Lipinski definition) is 2. The summed E-state index contributed by atoms with van der Waals surface area (Å²) in [6, 6.07) is 3.70. The van der Waals surface area contributed by atoms with E-state index in [1.807, 2.05) is 31.1 Å². The Kier molecular flexibility index (Phi) is 7.01. The van der Waals surface area contributed by atoms with Gasteiger partial charge in [0.1, 0.15) is 0 Å². The van der Waals surface area contributed by atoms with Crippen LogP contribution in [0.1, 0.15) is 32.6 Å². The third-order valence-corrected chi connectivity index (χ3v) is 3.42. The molecule has 0 saturated heterocycles. The fourth-order valence-corrected chi connectivity index (χ4v) is 2.19. The molecule has 0 aliphatic heterocycles. The Bertz CT molecular complexity index is 420. The standard InChI is InChI=1S/C15H26N4O/c1-4-12(9-10-16)7-8-14(20)18-13-6-5-11-17-15(13)19(2)3/h5-6,11-12H,4,7-10,16H2,1-3H3,(H,18,20). The highest BCUT2D eigenvalue weighted by molar-refractivity contribution is 5.93. The molecular formula is C15H26N4O. The second-order valence-electron chi connectivity index (χ2n) is 5.21. The van der Waals surface area contributed by atoms with Crippen LogP contribution in [0.5, 0.6) is 0 Å². The number of hydrogen-bond acceptors (Lipinski definition) is 4. The number of pyridine rings is 1. The monoisotopic (exact) mass is 278 g/mol. The summed E-state index contributed by atoms with van der Waals surface area (Å²) in [5.74, 6) is 1.35. The first-order valence-corrected chi connectivity index (χ1v) is 7.20. The lowest BCUT2D eigenvalue weighted by atomic mass is 9.96. The topological polar surface area (TPSA) is 71.2 Å². The Morgan fingerprint density at radius 3 is 2.80 bits per heavy atom. The summed E-state index contributed by atoms with van der Waals surface area (Å²) < 4.78 is 0. The number of carbonyl (C=O) groups excluding carboxylic acids is 1. The van der Waals surface area contributed by atoms with E-state index in [0.717, 1.165) is 30.8 Å². The minimum absolute atomic E-state index is 0.0385. The van der Waals surface area contributed by atoms with Gasteiger partial charge in [-0.1, -0.05) is 13.3 Å². The normalized spacial score (nSPS) is 12.0. The fourth-order valence-electron chi connectivity index (χ4n) is 2.19. The van der Waals surface area contributed by atoms with Crippen LogP contribution in [-0.4, -0.2) is 31.5 Å². The van der Waals surface area contributed by atoms with E-state index in [0.29, 0.717) is 18.9 Å². The molecule has 1 heterocycles. The first-order chi connectivity index (χ1) is 9.58. The van der Waals surface area contributed by atoms with E-state index in [4.69, 9.17) is 5.73 Å². The highest BCUT2D eigenvalue weighted by Crippen LogP contribution is 2.21. The van der Waals surface area contributed by atoms with Gasteiger partial charge >= 0.3 is 0 Å². The quantitative estimate of drug-likeness (QED) is 0.765. The lowest BCUT2D eigenvalue weighted by Crippen LogP contribution is -2.18. The third kappa shape index (κ3) is 5.17. The number of anilines is 2. The van der Waals surface area contributed by atoms with Gasteiger partial charge in [-0.15, -0.1) is 0 Å². The van der Waals surface area contributed by atoms with Crippen molar-refractivity contribution in [3.05, 3.63) is 18.3 Å². The van der Waals surface area contributed by atoms with Crippen molar-refractivity contribution in [1.29, 1.82) is 0 Å². The number of carbonyl (C=O) groups is 1. The SMILES string of the molecule is CCC(CCN)CCC(=O)Nc1cccnc1N(C)C. The zero-order valence-corrected chi connectivity index (χ0v) is 12.7. The second kappa shape index (κ2) is 8.53. The maximum absolute atomic E-state index is 12.0. The van der Waals surface area contributed by atoms with Crippen molar-refractivity contribution in [2.75, 3.05) is 30.9 Å². The van der Waals surface area contributed by atoms with Gasteiger partial charge in [-0.3, -0.25) is 4.79 Å². The molecule has 0 bridgehead atoms. The first-order valence-electron chi connectivity index (χ1n) is 7.20. The Balaban J connectivity index is 2.54. The predicted octanol–water partition coefficient (Wildman–Crippen LogP) is 2.24. The van der Waals surface area contributed by atoms with Crippen molar-refractivity contribution in [3.63, 3.8) is 0 Å². The first kappa shape index (κ1) is 16.4. The van der Waals surface area contributed by atoms with Gasteiger partial charge in [0.25, 0.3) is 0 Å². The van der Waals surface area contributed by atoms with E-state index in [-0.39, 0.29) is 5.91 Å². The number of nitrogens with zero attached hydrogens (tertiary/aromatic N) is 2. The summed E-state index contributed by atoms with van der Waals surface area (Å²) in [6.07, 6.45) is 5.19. The van der Waals surface area contributed by atoms with Crippen LogP contribution < -0.4 is 16.0 Å². The summed E-state index contributed by atoms with van der Waals surface area (Å²) in [5.41, 5.74) is 6.33. The molecule has 1 rings (SSSR count).